The van der Waals surface area contributed by atoms with Crippen molar-refractivity contribution in [3.05, 3.63) is 41.6 Å². The normalized spacial score (nSPS) is 16.4. The van der Waals surface area contributed by atoms with Crippen LogP contribution in [0.25, 0.3) is 10.9 Å². The molecule has 1 heterocycles. The molecule has 0 radical (unpaired) electrons. The molecule has 3 rings (SSSR count). The molecule has 2 aromatic rings. The van der Waals surface area contributed by atoms with Gasteiger partial charge in [-0.05, 0) is 47.4 Å². The molecule has 0 saturated heterocycles. The van der Waals surface area contributed by atoms with E-state index in [4.69, 9.17) is 0 Å². The quantitative estimate of drug-likeness (QED) is 0.700. The molecule has 0 N–H and O–H groups in total. The minimum Gasteiger partial charge on any atom is -0.256 e. The Labute approximate surface area is 103 Å². The van der Waals surface area contributed by atoms with Crippen LogP contribution in [0, 0.1) is 0 Å². The summed E-state index contributed by atoms with van der Waals surface area (Å²) in [6.07, 6.45) is 4.59. The van der Waals surface area contributed by atoms with Crippen LogP contribution in [0.2, 0.25) is 0 Å². The molecule has 0 atom stereocenters. The second-order valence-corrected chi connectivity index (χ2v) is 6.12. The number of fused-ring (bicyclic) bond motifs is 1. The topological polar surface area (TPSA) is 12.9 Å². The number of pyridine rings is 1. The standard InChI is InChI=1S/C16H19N/c1-16(2,3)15-12(11-6-7-11)8-9-14-13(15)5-4-10-17-14/h4-5,8-11H,6-7H2,1-3H3. The van der Waals surface area contributed by atoms with Crippen molar-refractivity contribution in [3.63, 3.8) is 0 Å². The summed E-state index contributed by atoms with van der Waals surface area (Å²) in [4.78, 5) is 4.48. The van der Waals surface area contributed by atoms with E-state index in [0.717, 1.165) is 11.4 Å². The van der Waals surface area contributed by atoms with Crippen molar-refractivity contribution < 1.29 is 0 Å². The fourth-order valence-electron chi connectivity index (χ4n) is 2.74. The Bertz CT molecular complexity index is 559. The van der Waals surface area contributed by atoms with Crippen LogP contribution in [0.1, 0.15) is 50.7 Å². The first kappa shape index (κ1) is 10.8. The maximum Gasteiger partial charge on any atom is 0.0705 e. The first-order chi connectivity index (χ1) is 8.07. The van der Waals surface area contributed by atoms with Crippen molar-refractivity contribution in [2.75, 3.05) is 0 Å². The monoisotopic (exact) mass is 225 g/mol. The lowest BCUT2D eigenvalue weighted by atomic mass is 9.80. The van der Waals surface area contributed by atoms with Crippen LogP contribution in [0.3, 0.4) is 0 Å². The summed E-state index contributed by atoms with van der Waals surface area (Å²) in [5.41, 5.74) is 4.38. The zero-order chi connectivity index (χ0) is 12.0. The summed E-state index contributed by atoms with van der Waals surface area (Å²) in [6, 6.07) is 8.74. The number of aromatic nitrogens is 1. The van der Waals surface area contributed by atoms with Crippen molar-refractivity contribution in [1.29, 1.82) is 0 Å². The summed E-state index contributed by atoms with van der Waals surface area (Å²) in [6.45, 7) is 6.92. The highest BCUT2D eigenvalue weighted by Gasteiger charge is 2.30. The van der Waals surface area contributed by atoms with E-state index in [0.29, 0.717) is 0 Å². The molecule has 1 aromatic heterocycles. The van der Waals surface area contributed by atoms with Crippen LogP contribution in [-0.4, -0.2) is 4.98 Å². The molecular weight excluding hydrogens is 206 g/mol. The molecule has 0 unspecified atom stereocenters. The molecule has 1 nitrogen and oxygen atoms in total. The summed E-state index contributed by atoms with van der Waals surface area (Å²) in [5.74, 6) is 0.800. The SMILES string of the molecule is CC(C)(C)c1c(C2CC2)ccc2ncccc12. The van der Waals surface area contributed by atoms with Gasteiger partial charge in [0.2, 0.25) is 0 Å². The lowest BCUT2D eigenvalue weighted by Crippen LogP contribution is -2.15. The third kappa shape index (κ3) is 1.84. The maximum atomic E-state index is 4.48. The zero-order valence-corrected chi connectivity index (χ0v) is 10.8. The van der Waals surface area contributed by atoms with Gasteiger partial charge < -0.3 is 0 Å². The number of rotatable bonds is 1. The van der Waals surface area contributed by atoms with Gasteiger partial charge in [-0.15, -0.1) is 0 Å². The summed E-state index contributed by atoms with van der Waals surface area (Å²) < 4.78 is 0. The van der Waals surface area contributed by atoms with E-state index < -0.39 is 0 Å². The van der Waals surface area contributed by atoms with E-state index in [1.807, 2.05) is 12.3 Å². The van der Waals surface area contributed by atoms with Crippen molar-refractivity contribution in [3.8, 4) is 0 Å². The fraction of sp³-hybridized carbons (Fsp3) is 0.438. The van der Waals surface area contributed by atoms with Crippen molar-refractivity contribution in [1.82, 2.24) is 4.98 Å². The smallest absolute Gasteiger partial charge is 0.0705 e. The highest BCUT2D eigenvalue weighted by Crippen LogP contribution is 2.46. The number of nitrogens with zero attached hydrogens (tertiary/aromatic N) is 1. The van der Waals surface area contributed by atoms with Crippen LogP contribution in [0.15, 0.2) is 30.5 Å². The van der Waals surface area contributed by atoms with Crippen molar-refractivity contribution in [2.24, 2.45) is 0 Å². The Morgan fingerprint density at radius 3 is 2.53 bits per heavy atom. The Morgan fingerprint density at radius 1 is 1.12 bits per heavy atom. The highest BCUT2D eigenvalue weighted by molar-refractivity contribution is 5.84. The minimum atomic E-state index is 0.195. The molecule has 1 heteroatoms. The maximum absolute atomic E-state index is 4.48. The third-order valence-electron chi connectivity index (χ3n) is 3.58. The van der Waals surface area contributed by atoms with Crippen LogP contribution in [-0.2, 0) is 5.41 Å². The molecule has 1 aromatic carbocycles. The number of hydrogen-bond donors (Lipinski definition) is 0. The van der Waals surface area contributed by atoms with Gasteiger partial charge in [-0.1, -0.05) is 32.9 Å². The predicted molar refractivity (Wildman–Crippen MR) is 72.4 cm³/mol. The molecule has 1 fully saturated rings. The second-order valence-electron chi connectivity index (χ2n) is 6.12. The van der Waals surface area contributed by atoms with Gasteiger partial charge in [-0.3, -0.25) is 4.98 Å². The Morgan fingerprint density at radius 2 is 1.88 bits per heavy atom. The van der Waals surface area contributed by atoms with Crippen molar-refractivity contribution >= 4 is 10.9 Å². The fourth-order valence-corrected chi connectivity index (χ4v) is 2.74. The van der Waals surface area contributed by atoms with Crippen LogP contribution in [0.4, 0.5) is 0 Å². The first-order valence-electron chi connectivity index (χ1n) is 6.45. The van der Waals surface area contributed by atoms with Crippen molar-refractivity contribution in [2.45, 2.75) is 44.9 Å². The molecule has 88 valence electrons. The third-order valence-corrected chi connectivity index (χ3v) is 3.58. The Balaban J connectivity index is 2.34. The average Bonchev–Trinajstić information content (AvgIpc) is 3.10. The zero-order valence-electron chi connectivity index (χ0n) is 10.8. The van der Waals surface area contributed by atoms with Gasteiger partial charge in [-0.2, -0.15) is 0 Å². The van der Waals surface area contributed by atoms with Crippen LogP contribution < -0.4 is 0 Å². The Hall–Kier alpha value is -1.37. The Kier molecular flexibility index (Phi) is 2.25. The van der Waals surface area contributed by atoms with E-state index >= 15 is 0 Å². The highest BCUT2D eigenvalue weighted by atomic mass is 14.6. The summed E-state index contributed by atoms with van der Waals surface area (Å²) in [5, 5.41) is 1.34. The molecule has 0 spiro atoms. The number of hydrogen-bond acceptors (Lipinski definition) is 1. The van der Waals surface area contributed by atoms with E-state index in [9.17, 15) is 0 Å². The molecule has 0 aliphatic heterocycles. The van der Waals surface area contributed by atoms with Crippen LogP contribution >= 0.6 is 0 Å². The average molecular weight is 225 g/mol. The summed E-state index contributed by atoms with van der Waals surface area (Å²) >= 11 is 0. The molecule has 1 aliphatic rings. The lowest BCUT2D eigenvalue weighted by molar-refractivity contribution is 0.588. The van der Waals surface area contributed by atoms with Crippen LogP contribution in [0.5, 0.6) is 0 Å². The summed E-state index contributed by atoms with van der Waals surface area (Å²) in [7, 11) is 0. The van der Waals surface area contributed by atoms with E-state index in [-0.39, 0.29) is 5.41 Å². The van der Waals surface area contributed by atoms with Gasteiger partial charge in [0.15, 0.2) is 0 Å². The first-order valence-corrected chi connectivity index (χ1v) is 6.45. The van der Waals surface area contributed by atoms with E-state index in [2.05, 4.69) is 44.0 Å². The second kappa shape index (κ2) is 3.56. The minimum absolute atomic E-state index is 0.195. The van der Waals surface area contributed by atoms with Gasteiger partial charge in [0.05, 0.1) is 5.52 Å². The van der Waals surface area contributed by atoms with Gasteiger partial charge >= 0.3 is 0 Å². The van der Waals surface area contributed by atoms with Gasteiger partial charge in [-0.25, -0.2) is 0 Å². The van der Waals surface area contributed by atoms with E-state index in [1.165, 1.54) is 23.8 Å². The molecule has 1 aliphatic carbocycles. The largest absolute Gasteiger partial charge is 0.256 e. The van der Waals surface area contributed by atoms with Gasteiger partial charge in [0, 0.05) is 11.6 Å². The molecule has 0 amide bonds. The molecule has 0 bridgehead atoms. The van der Waals surface area contributed by atoms with Gasteiger partial charge in [0.1, 0.15) is 0 Å². The molecule has 17 heavy (non-hydrogen) atoms. The predicted octanol–water partition coefficient (Wildman–Crippen LogP) is 4.41. The lowest BCUT2D eigenvalue weighted by Gasteiger charge is -2.25. The van der Waals surface area contributed by atoms with E-state index in [1.54, 1.807) is 5.56 Å². The number of benzene rings is 1. The molecular formula is C16H19N. The molecule has 1 saturated carbocycles. The van der Waals surface area contributed by atoms with Gasteiger partial charge in [0.25, 0.3) is 0 Å².